The highest BCUT2D eigenvalue weighted by atomic mass is 16.6. The van der Waals surface area contributed by atoms with Gasteiger partial charge in [-0.15, -0.1) is 0 Å². The molecule has 1 aromatic heterocycles. The van der Waals surface area contributed by atoms with Crippen LogP contribution in [0.4, 0.5) is 0 Å². The van der Waals surface area contributed by atoms with Crippen molar-refractivity contribution in [2.45, 2.75) is 6.54 Å². The minimum absolute atomic E-state index is 0.672. The predicted octanol–water partition coefficient (Wildman–Crippen LogP) is 3.50. The SMILES string of the molecule is C=CN(C=NC)Cc1ccc(OC)c(-c2ccc3nonc3c2)c1. The summed E-state index contributed by atoms with van der Waals surface area (Å²) in [4.78, 5) is 5.94. The molecular formula is C18H18N4O2. The van der Waals surface area contributed by atoms with Gasteiger partial charge in [0.05, 0.1) is 13.4 Å². The van der Waals surface area contributed by atoms with E-state index in [1.807, 2.05) is 35.2 Å². The van der Waals surface area contributed by atoms with Gasteiger partial charge in [0.2, 0.25) is 0 Å². The first-order chi connectivity index (χ1) is 11.7. The number of aliphatic imine (C=N–C) groups is 1. The monoisotopic (exact) mass is 322 g/mol. The third-order valence-corrected chi connectivity index (χ3v) is 3.69. The first-order valence-corrected chi connectivity index (χ1v) is 7.45. The van der Waals surface area contributed by atoms with Gasteiger partial charge in [0.1, 0.15) is 16.8 Å². The van der Waals surface area contributed by atoms with E-state index in [4.69, 9.17) is 9.37 Å². The average molecular weight is 322 g/mol. The summed E-state index contributed by atoms with van der Waals surface area (Å²) in [6.45, 7) is 4.47. The van der Waals surface area contributed by atoms with Crippen molar-refractivity contribution >= 4 is 17.4 Å². The lowest BCUT2D eigenvalue weighted by Crippen LogP contribution is -2.13. The maximum absolute atomic E-state index is 5.51. The highest BCUT2D eigenvalue weighted by Crippen LogP contribution is 2.32. The van der Waals surface area contributed by atoms with Gasteiger partial charge in [0, 0.05) is 19.2 Å². The van der Waals surface area contributed by atoms with Gasteiger partial charge in [-0.3, -0.25) is 4.99 Å². The van der Waals surface area contributed by atoms with Gasteiger partial charge >= 0.3 is 0 Å². The summed E-state index contributed by atoms with van der Waals surface area (Å²) in [6, 6.07) is 11.9. The molecule has 0 saturated heterocycles. The van der Waals surface area contributed by atoms with Crippen LogP contribution in [-0.2, 0) is 6.54 Å². The summed E-state index contributed by atoms with van der Waals surface area (Å²) in [5.74, 6) is 0.795. The summed E-state index contributed by atoms with van der Waals surface area (Å²) in [7, 11) is 3.39. The van der Waals surface area contributed by atoms with E-state index in [0.29, 0.717) is 12.1 Å². The fourth-order valence-corrected chi connectivity index (χ4v) is 2.54. The van der Waals surface area contributed by atoms with Crippen LogP contribution in [-0.4, -0.2) is 35.7 Å². The van der Waals surface area contributed by atoms with Crippen molar-refractivity contribution in [2.75, 3.05) is 14.2 Å². The summed E-state index contributed by atoms with van der Waals surface area (Å²) in [5.41, 5.74) is 4.53. The molecule has 0 aliphatic rings. The Hall–Kier alpha value is -3.15. The van der Waals surface area contributed by atoms with Crippen molar-refractivity contribution in [1.82, 2.24) is 15.2 Å². The number of nitrogens with zero attached hydrogens (tertiary/aromatic N) is 4. The summed E-state index contributed by atoms with van der Waals surface area (Å²) in [6.07, 6.45) is 3.48. The van der Waals surface area contributed by atoms with Crippen LogP contribution in [0.5, 0.6) is 5.75 Å². The Balaban J connectivity index is 2.01. The van der Waals surface area contributed by atoms with E-state index >= 15 is 0 Å². The molecule has 0 aliphatic carbocycles. The molecule has 0 spiro atoms. The van der Waals surface area contributed by atoms with Gasteiger partial charge in [-0.2, -0.15) is 0 Å². The molecule has 0 bridgehead atoms. The van der Waals surface area contributed by atoms with Crippen molar-refractivity contribution in [1.29, 1.82) is 0 Å². The van der Waals surface area contributed by atoms with E-state index in [2.05, 4.69) is 28.0 Å². The van der Waals surface area contributed by atoms with Crippen molar-refractivity contribution in [3.8, 4) is 16.9 Å². The molecule has 24 heavy (non-hydrogen) atoms. The number of hydrogen-bond acceptors (Lipinski definition) is 5. The summed E-state index contributed by atoms with van der Waals surface area (Å²) >= 11 is 0. The first kappa shape index (κ1) is 15.7. The van der Waals surface area contributed by atoms with Gasteiger partial charge in [-0.25, -0.2) is 4.63 Å². The van der Waals surface area contributed by atoms with E-state index in [1.54, 1.807) is 26.7 Å². The van der Waals surface area contributed by atoms with Crippen LogP contribution in [0, 0.1) is 0 Å². The zero-order valence-corrected chi connectivity index (χ0v) is 13.6. The Morgan fingerprint density at radius 3 is 2.79 bits per heavy atom. The van der Waals surface area contributed by atoms with E-state index in [-0.39, 0.29) is 0 Å². The second-order valence-corrected chi connectivity index (χ2v) is 5.23. The Labute approximate surface area is 140 Å². The molecule has 0 atom stereocenters. The third-order valence-electron chi connectivity index (χ3n) is 3.69. The zero-order chi connectivity index (χ0) is 16.9. The van der Waals surface area contributed by atoms with Crippen LogP contribution >= 0.6 is 0 Å². The maximum atomic E-state index is 5.51. The number of aromatic nitrogens is 2. The second-order valence-electron chi connectivity index (χ2n) is 5.23. The number of methoxy groups -OCH3 is 1. The molecule has 6 heteroatoms. The number of hydrogen-bond donors (Lipinski definition) is 0. The van der Waals surface area contributed by atoms with Crippen LogP contribution in [0.15, 0.2) is 58.8 Å². The van der Waals surface area contributed by atoms with Crippen LogP contribution in [0.3, 0.4) is 0 Å². The number of fused-ring (bicyclic) bond motifs is 1. The van der Waals surface area contributed by atoms with E-state index in [9.17, 15) is 0 Å². The Morgan fingerprint density at radius 1 is 1.21 bits per heavy atom. The maximum Gasteiger partial charge on any atom is 0.135 e. The lowest BCUT2D eigenvalue weighted by molar-refractivity contribution is 0.315. The van der Waals surface area contributed by atoms with Gasteiger partial charge in [0.25, 0.3) is 0 Å². The number of benzene rings is 2. The molecule has 3 rings (SSSR count). The standard InChI is InChI=1S/C18H18N4O2/c1-4-22(12-19-2)11-13-5-8-18(23-3)15(9-13)14-6-7-16-17(10-14)21-24-20-16/h4-10,12H,1,11H2,2-3H3. The molecular weight excluding hydrogens is 304 g/mol. The molecule has 0 amide bonds. The van der Waals surface area contributed by atoms with Crippen LogP contribution < -0.4 is 4.74 Å². The zero-order valence-electron chi connectivity index (χ0n) is 13.6. The van der Waals surface area contributed by atoms with Crippen LogP contribution in [0.25, 0.3) is 22.2 Å². The normalized spacial score (nSPS) is 11.1. The molecule has 0 fully saturated rings. The van der Waals surface area contributed by atoms with Gasteiger partial charge in [-0.05, 0) is 51.9 Å². The summed E-state index contributed by atoms with van der Waals surface area (Å²) < 4.78 is 10.3. The predicted molar refractivity (Wildman–Crippen MR) is 93.9 cm³/mol. The average Bonchev–Trinajstić information content (AvgIpc) is 3.09. The fraction of sp³-hybridized carbons (Fsp3) is 0.167. The minimum Gasteiger partial charge on any atom is -0.496 e. The molecule has 0 unspecified atom stereocenters. The lowest BCUT2D eigenvalue weighted by Gasteiger charge is -2.16. The van der Waals surface area contributed by atoms with Gasteiger partial charge < -0.3 is 9.64 Å². The second kappa shape index (κ2) is 6.95. The molecule has 0 N–H and O–H groups in total. The molecule has 2 aromatic carbocycles. The van der Waals surface area contributed by atoms with Crippen molar-refractivity contribution < 1.29 is 9.37 Å². The van der Waals surface area contributed by atoms with Gasteiger partial charge in [-0.1, -0.05) is 18.7 Å². The molecule has 0 aliphatic heterocycles. The molecule has 0 radical (unpaired) electrons. The molecule has 3 aromatic rings. The highest BCUT2D eigenvalue weighted by molar-refractivity contribution is 5.82. The van der Waals surface area contributed by atoms with E-state index in [0.717, 1.165) is 28.0 Å². The quantitative estimate of drug-likeness (QED) is 0.513. The van der Waals surface area contributed by atoms with Crippen molar-refractivity contribution in [3.05, 3.63) is 54.7 Å². The minimum atomic E-state index is 0.672. The number of ether oxygens (including phenoxy) is 1. The molecule has 122 valence electrons. The van der Waals surface area contributed by atoms with Gasteiger partial charge in [0.15, 0.2) is 0 Å². The van der Waals surface area contributed by atoms with Crippen molar-refractivity contribution in [3.63, 3.8) is 0 Å². The van der Waals surface area contributed by atoms with Crippen LogP contribution in [0.2, 0.25) is 0 Å². The Morgan fingerprint density at radius 2 is 2.04 bits per heavy atom. The Bertz CT molecular complexity index is 886. The van der Waals surface area contributed by atoms with E-state index in [1.165, 1.54) is 0 Å². The highest BCUT2D eigenvalue weighted by Gasteiger charge is 2.10. The molecule has 6 nitrogen and oxygen atoms in total. The first-order valence-electron chi connectivity index (χ1n) is 7.45. The topological polar surface area (TPSA) is 63.8 Å². The van der Waals surface area contributed by atoms with E-state index < -0.39 is 0 Å². The lowest BCUT2D eigenvalue weighted by atomic mass is 10.0. The number of rotatable bonds is 6. The Kier molecular flexibility index (Phi) is 4.56. The largest absolute Gasteiger partial charge is 0.496 e. The van der Waals surface area contributed by atoms with Crippen LogP contribution in [0.1, 0.15) is 5.56 Å². The third kappa shape index (κ3) is 3.12. The molecule has 0 saturated carbocycles. The molecule has 1 heterocycles. The smallest absolute Gasteiger partial charge is 0.135 e. The fourth-order valence-electron chi connectivity index (χ4n) is 2.54. The van der Waals surface area contributed by atoms with Crippen molar-refractivity contribution in [2.24, 2.45) is 4.99 Å². The summed E-state index contributed by atoms with van der Waals surface area (Å²) in [5, 5.41) is 7.74.